The van der Waals surface area contributed by atoms with Gasteiger partial charge in [0, 0.05) is 36.0 Å². The van der Waals surface area contributed by atoms with Gasteiger partial charge in [-0.2, -0.15) is 0 Å². The minimum Gasteiger partial charge on any atom is -0.486 e. The van der Waals surface area contributed by atoms with E-state index < -0.39 is 0 Å². The minimum atomic E-state index is -0.197. The molecular formula is C35H47NO4. The molecule has 0 spiro atoms. The molecule has 1 aromatic heterocycles. The fourth-order valence-corrected chi connectivity index (χ4v) is 5.23. The predicted octanol–water partition coefficient (Wildman–Crippen LogP) is 8.21. The van der Waals surface area contributed by atoms with Crippen LogP contribution in [0.1, 0.15) is 111 Å². The van der Waals surface area contributed by atoms with Gasteiger partial charge in [0.1, 0.15) is 11.9 Å². The average Bonchev–Trinajstić information content (AvgIpc) is 3.26. The Kier molecular flexibility index (Phi) is 12.0. The van der Waals surface area contributed by atoms with Crippen LogP contribution in [0, 0.1) is 5.92 Å². The fraction of sp³-hybridized carbons (Fsp3) is 0.486. The zero-order valence-electron chi connectivity index (χ0n) is 25.3. The third-order valence-electron chi connectivity index (χ3n) is 7.35. The van der Waals surface area contributed by atoms with Crippen LogP contribution in [0.5, 0.6) is 5.75 Å². The summed E-state index contributed by atoms with van der Waals surface area (Å²) in [6.45, 7) is 10.9. The van der Waals surface area contributed by atoms with Crippen LogP contribution in [0.3, 0.4) is 0 Å². The second-order valence-electron chi connectivity index (χ2n) is 11.0. The molecule has 5 nitrogen and oxygen atoms in total. The van der Waals surface area contributed by atoms with Crippen molar-refractivity contribution in [1.82, 2.24) is 4.57 Å². The van der Waals surface area contributed by atoms with Crippen molar-refractivity contribution in [3.8, 4) is 5.75 Å². The van der Waals surface area contributed by atoms with E-state index in [0.717, 1.165) is 49.1 Å². The number of hydrogen-bond donors (Lipinski definition) is 0. The second-order valence-corrected chi connectivity index (χ2v) is 11.0. The molecule has 0 N–H and O–H groups in total. The number of esters is 1. The van der Waals surface area contributed by atoms with Gasteiger partial charge >= 0.3 is 5.97 Å². The highest BCUT2D eigenvalue weighted by Crippen LogP contribution is 2.29. The summed E-state index contributed by atoms with van der Waals surface area (Å²) in [7, 11) is 2.00. The van der Waals surface area contributed by atoms with Crippen molar-refractivity contribution in [3.63, 3.8) is 0 Å². The molecule has 2 aromatic carbocycles. The molecular weight excluding hydrogens is 498 g/mol. The lowest BCUT2D eigenvalue weighted by molar-refractivity contribution is -0.143. The molecule has 0 aliphatic heterocycles. The van der Waals surface area contributed by atoms with E-state index >= 15 is 0 Å². The van der Waals surface area contributed by atoms with E-state index in [-0.39, 0.29) is 17.9 Å². The number of aromatic nitrogens is 1. The lowest BCUT2D eigenvalue weighted by Crippen LogP contribution is -2.10. The molecule has 0 amide bonds. The van der Waals surface area contributed by atoms with Gasteiger partial charge in [-0.25, -0.2) is 0 Å². The molecule has 1 atom stereocenters. The Morgan fingerprint density at radius 3 is 2.35 bits per heavy atom. The van der Waals surface area contributed by atoms with Crippen LogP contribution in [0.2, 0.25) is 0 Å². The van der Waals surface area contributed by atoms with E-state index in [1.54, 1.807) is 0 Å². The maximum Gasteiger partial charge on any atom is 0.305 e. The van der Waals surface area contributed by atoms with Gasteiger partial charge in [-0.1, -0.05) is 70.5 Å². The highest BCUT2D eigenvalue weighted by molar-refractivity contribution is 6.10. The van der Waals surface area contributed by atoms with Gasteiger partial charge in [0.2, 0.25) is 0 Å². The maximum absolute atomic E-state index is 13.8. The van der Waals surface area contributed by atoms with Crippen molar-refractivity contribution in [1.29, 1.82) is 0 Å². The Bertz CT molecular complexity index is 1240. The maximum atomic E-state index is 13.8. The quantitative estimate of drug-likeness (QED) is 0.134. The van der Waals surface area contributed by atoms with Crippen LogP contribution in [0.4, 0.5) is 0 Å². The van der Waals surface area contributed by atoms with Crippen LogP contribution >= 0.6 is 0 Å². The molecule has 0 aliphatic carbocycles. The molecule has 1 unspecified atom stereocenters. The highest BCUT2D eigenvalue weighted by atomic mass is 16.5. The number of unbranched alkanes of at least 4 members (excludes halogenated alkanes) is 1. The predicted molar refractivity (Wildman–Crippen MR) is 162 cm³/mol. The molecule has 1 heterocycles. The largest absolute Gasteiger partial charge is 0.486 e. The Labute approximate surface area is 240 Å². The van der Waals surface area contributed by atoms with Crippen LogP contribution in [-0.2, 0) is 35.8 Å². The van der Waals surface area contributed by atoms with Crippen LogP contribution in [-0.4, -0.2) is 22.9 Å². The van der Waals surface area contributed by atoms with Gasteiger partial charge in [-0.3, -0.25) is 9.59 Å². The zero-order valence-corrected chi connectivity index (χ0v) is 25.3. The molecule has 216 valence electrons. The molecule has 3 rings (SSSR count). The minimum absolute atomic E-state index is 0.0185. The van der Waals surface area contributed by atoms with Gasteiger partial charge in [0.05, 0.1) is 6.61 Å². The van der Waals surface area contributed by atoms with Gasteiger partial charge in [-0.05, 0) is 80.7 Å². The molecule has 0 saturated heterocycles. The van der Waals surface area contributed by atoms with E-state index in [1.165, 1.54) is 5.56 Å². The second kappa shape index (κ2) is 15.4. The van der Waals surface area contributed by atoms with Crippen molar-refractivity contribution < 1.29 is 19.1 Å². The van der Waals surface area contributed by atoms with Crippen LogP contribution in [0.25, 0.3) is 0 Å². The number of rotatable bonds is 16. The highest BCUT2D eigenvalue weighted by Gasteiger charge is 2.21. The van der Waals surface area contributed by atoms with Crippen molar-refractivity contribution in [2.75, 3.05) is 6.61 Å². The van der Waals surface area contributed by atoms with Gasteiger partial charge < -0.3 is 14.0 Å². The van der Waals surface area contributed by atoms with Gasteiger partial charge in [0.25, 0.3) is 0 Å². The first-order chi connectivity index (χ1) is 19.3. The average molecular weight is 546 g/mol. The van der Waals surface area contributed by atoms with Crippen LogP contribution < -0.4 is 4.74 Å². The molecule has 0 radical (unpaired) electrons. The first-order valence-electron chi connectivity index (χ1n) is 15.0. The first kappa shape index (κ1) is 31.2. The van der Waals surface area contributed by atoms with E-state index in [0.29, 0.717) is 48.7 Å². The Morgan fingerprint density at radius 2 is 1.70 bits per heavy atom. The third-order valence-corrected chi connectivity index (χ3v) is 7.35. The SMILES string of the molecule is CCCCC(Oc1cccc(C(=O)c2cc(CC)n(C)c2CCCC(=O)OCC)c1)c1ccc(CC(C)C)cc1. The number of ether oxygens (including phenoxy) is 2. The van der Waals surface area contributed by atoms with Crippen molar-refractivity contribution in [2.24, 2.45) is 13.0 Å². The van der Waals surface area contributed by atoms with Crippen LogP contribution in [0.15, 0.2) is 54.6 Å². The number of aryl methyl sites for hydroxylation is 1. The Balaban J connectivity index is 1.82. The summed E-state index contributed by atoms with van der Waals surface area (Å²) >= 11 is 0. The monoisotopic (exact) mass is 545 g/mol. The van der Waals surface area contributed by atoms with Crippen molar-refractivity contribution in [3.05, 3.63) is 88.2 Å². The summed E-state index contributed by atoms with van der Waals surface area (Å²) < 4.78 is 13.7. The number of carbonyl (C=O) groups excluding carboxylic acids is 2. The number of benzene rings is 2. The van der Waals surface area contributed by atoms with E-state index in [4.69, 9.17) is 9.47 Å². The topological polar surface area (TPSA) is 57.5 Å². The summed E-state index contributed by atoms with van der Waals surface area (Å²) in [4.78, 5) is 25.7. The van der Waals surface area contributed by atoms with E-state index in [9.17, 15) is 9.59 Å². The summed E-state index contributed by atoms with van der Waals surface area (Å²) in [5.41, 5.74) is 5.87. The molecule has 0 aliphatic rings. The summed E-state index contributed by atoms with van der Waals surface area (Å²) in [6.07, 6.45) is 6.52. The molecule has 0 bridgehead atoms. The third kappa shape index (κ3) is 8.58. The standard InChI is InChI=1S/C35H47NO4/c1-7-10-16-33(27-20-18-26(19-21-27)22-25(4)5)40-30-14-11-13-28(23-30)35(38)31-24-29(8-2)36(6)32(31)15-12-17-34(37)39-9-3/h11,13-14,18-21,23-25,33H,7-10,12,15-17,22H2,1-6H3. The zero-order chi connectivity index (χ0) is 29.1. The van der Waals surface area contributed by atoms with Gasteiger partial charge in [0.15, 0.2) is 5.78 Å². The molecule has 3 aromatic rings. The number of hydrogen-bond acceptors (Lipinski definition) is 4. The molecule has 5 heteroatoms. The Hall–Kier alpha value is -3.34. The lowest BCUT2D eigenvalue weighted by atomic mass is 9.98. The lowest BCUT2D eigenvalue weighted by Gasteiger charge is -2.20. The molecule has 0 fully saturated rings. The normalized spacial score (nSPS) is 12.0. The fourth-order valence-electron chi connectivity index (χ4n) is 5.23. The number of carbonyl (C=O) groups is 2. The van der Waals surface area contributed by atoms with Crippen molar-refractivity contribution >= 4 is 11.8 Å². The molecule has 40 heavy (non-hydrogen) atoms. The number of nitrogens with zero attached hydrogens (tertiary/aromatic N) is 1. The number of ketones is 1. The molecule has 0 saturated carbocycles. The summed E-state index contributed by atoms with van der Waals surface area (Å²) in [5, 5.41) is 0. The smallest absolute Gasteiger partial charge is 0.305 e. The summed E-state index contributed by atoms with van der Waals surface area (Å²) in [6, 6.07) is 18.4. The van der Waals surface area contributed by atoms with E-state index in [1.807, 2.05) is 44.3 Å². The Morgan fingerprint density at radius 1 is 0.950 bits per heavy atom. The van der Waals surface area contributed by atoms with E-state index in [2.05, 4.69) is 56.5 Å². The van der Waals surface area contributed by atoms with Crippen molar-refractivity contribution in [2.45, 2.75) is 92.1 Å². The summed E-state index contributed by atoms with van der Waals surface area (Å²) in [5.74, 6) is 1.11. The van der Waals surface area contributed by atoms with Gasteiger partial charge in [-0.15, -0.1) is 0 Å². The first-order valence-corrected chi connectivity index (χ1v) is 15.0.